The van der Waals surface area contributed by atoms with E-state index in [0.29, 0.717) is 0 Å². The molecule has 3 aliphatic rings. The van der Waals surface area contributed by atoms with E-state index in [2.05, 4.69) is 51.0 Å². The van der Waals surface area contributed by atoms with Gasteiger partial charge in [-0.25, -0.2) is 0 Å². The van der Waals surface area contributed by atoms with Crippen molar-refractivity contribution in [3.05, 3.63) is 58.8 Å². The molecule has 168 valence electrons. The quantitative estimate of drug-likeness (QED) is 0.707. The first kappa shape index (κ1) is 21.8. The lowest BCUT2D eigenvalue weighted by molar-refractivity contribution is 0.0422. The molecule has 0 bridgehead atoms. The van der Waals surface area contributed by atoms with Crippen molar-refractivity contribution < 1.29 is 9.76 Å². The van der Waals surface area contributed by atoms with Gasteiger partial charge in [-0.05, 0) is 30.4 Å². The Bertz CT molecular complexity index is 949. The maximum Gasteiger partial charge on any atom is 0.376 e. The Morgan fingerprint density at radius 1 is 0.938 bits per heavy atom. The van der Waals surface area contributed by atoms with Crippen LogP contribution in [0.3, 0.4) is 0 Å². The summed E-state index contributed by atoms with van der Waals surface area (Å²) in [6, 6.07) is 11.1. The van der Waals surface area contributed by atoms with E-state index in [1.165, 1.54) is 27.8 Å². The number of fused-ring (bicyclic) bond motifs is 1. The third kappa shape index (κ3) is 4.97. The van der Waals surface area contributed by atoms with E-state index >= 15 is 0 Å². The number of benzene rings is 1. The summed E-state index contributed by atoms with van der Waals surface area (Å²) in [6.07, 6.45) is 5.34. The summed E-state index contributed by atoms with van der Waals surface area (Å²) >= 11 is 0. The van der Waals surface area contributed by atoms with Crippen molar-refractivity contribution in [1.29, 1.82) is 0 Å². The maximum atomic E-state index is 9.75. The molecule has 1 aromatic heterocycles. The highest BCUT2D eigenvalue weighted by molar-refractivity contribution is 6.45. The number of piperazine rings is 1. The van der Waals surface area contributed by atoms with Crippen LogP contribution in [0.2, 0.25) is 6.82 Å². The average Bonchev–Trinajstić information content (AvgIpc) is 3.23. The van der Waals surface area contributed by atoms with E-state index in [0.717, 1.165) is 77.7 Å². The van der Waals surface area contributed by atoms with Gasteiger partial charge in [0.05, 0.1) is 18.9 Å². The SMILES string of the molecule is CB(O)N1CCN(Cc2ccc(-c3nccc4c3C=C(CN3CCOCC3)C4)cc2)CC1. The minimum absolute atomic E-state index is 0.347. The molecule has 0 saturated carbocycles. The fourth-order valence-electron chi connectivity index (χ4n) is 5.03. The third-order valence-corrected chi connectivity index (χ3v) is 6.95. The van der Waals surface area contributed by atoms with E-state index in [1.807, 2.05) is 13.0 Å². The van der Waals surface area contributed by atoms with Crippen LogP contribution in [0.15, 0.2) is 42.1 Å². The van der Waals surface area contributed by atoms with Gasteiger partial charge in [-0.3, -0.25) is 14.8 Å². The van der Waals surface area contributed by atoms with E-state index in [4.69, 9.17) is 9.72 Å². The first-order valence-electron chi connectivity index (χ1n) is 11.9. The topological polar surface area (TPSA) is 52.1 Å². The van der Waals surface area contributed by atoms with Crippen molar-refractivity contribution in [3.8, 4) is 11.3 Å². The number of pyridine rings is 1. The largest absolute Gasteiger partial charge is 0.437 e. The van der Waals surface area contributed by atoms with E-state index in [1.54, 1.807) is 0 Å². The van der Waals surface area contributed by atoms with Crippen LogP contribution in [0.4, 0.5) is 0 Å². The highest BCUT2D eigenvalue weighted by Gasteiger charge is 2.23. The van der Waals surface area contributed by atoms with Crippen molar-refractivity contribution in [2.45, 2.75) is 19.8 Å². The zero-order chi connectivity index (χ0) is 21.9. The van der Waals surface area contributed by atoms with Gasteiger partial charge in [0, 0.05) is 69.7 Å². The summed E-state index contributed by atoms with van der Waals surface area (Å²) in [5.41, 5.74) is 7.76. The molecule has 1 N–H and O–H groups in total. The van der Waals surface area contributed by atoms with E-state index in [-0.39, 0.29) is 7.05 Å². The number of hydrogen-bond donors (Lipinski definition) is 1. The Morgan fingerprint density at radius 3 is 2.38 bits per heavy atom. The Labute approximate surface area is 191 Å². The highest BCUT2D eigenvalue weighted by atomic mass is 16.5. The zero-order valence-corrected chi connectivity index (χ0v) is 19.0. The van der Waals surface area contributed by atoms with Crippen LogP contribution in [-0.2, 0) is 17.7 Å². The molecule has 2 fully saturated rings. The fourth-order valence-corrected chi connectivity index (χ4v) is 5.03. The Morgan fingerprint density at radius 2 is 1.66 bits per heavy atom. The Kier molecular flexibility index (Phi) is 6.71. The van der Waals surface area contributed by atoms with Gasteiger partial charge in [0.2, 0.25) is 0 Å². The van der Waals surface area contributed by atoms with Gasteiger partial charge in [-0.1, -0.05) is 35.9 Å². The second kappa shape index (κ2) is 9.85. The number of rotatable bonds is 6. The fraction of sp³-hybridized carbons (Fsp3) is 0.480. The average molecular weight is 432 g/mol. The molecule has 0 amide bonds. The van der Waals surface area contributed by atoms with Gasteiger partial charge in [-0.15, -0.1) is 0 Å². The molecule has 1 aromatic carbocycles. The monoisotopic (exact) mass is 432 g/mol. The standard InChI is InChI=1S/C25H33BN4O2/c1-26(31)30-10-8-28(9-11-30)18-20-2-4-22(5-3-20)25-24-17-21(16-23(24)6-7-27-25)19-29-12-14-32-15-13-29/h2-7,17,31H,8-16,18-19H2,1H3. The smallest absolute Gasteiger partial charge is 0.376 e. The summed E-state index contributed by atoms with van der Waals surface area (Å²) in [5.74, 6) is 0. The number of ether oxygens (including phenoxy) is 1. The van der Waals surface area contributed by atoms with E-state index in [9.17, 15) is 5.02 Å². The van der Waals surface area contributed by atoms with Crippen molar-refractivity contribution in [2.24, 2.45) is 0 Å². The maximum absolute atomic E-state index is 9.75. The molecular formula is C25H33BN4O2. The lowest BCUT2D eigenvalue weighted by Gasteiger charge is -2.35. The molecule has 3 heterocycles. The molecule has 0 unspecified atom stereocenters. The normalized spacial score (nSPS) is 20.2. The summed E-state index contributed by atoms with van der Waals surface area (Å²) < 4.78 is 5.49. The van der Waals surface area contributed by atoms with Crippen molar-refractivity contribution in [1.82, 2.24) is 19.6 Å². The minimum atomic E-state index is -0.347. The van der Waals surface area contributed by atoms with Crippen LogP contribution in [0.1, 0.15) is 16.7 Å². The Balaban J connectivity index is 1.25. The van der Waals surface area contributed by atoms with Crippen LogP contribution in [0.25, 0.3) is 17.3 Å². The van der Waals surface area contributed by atoms with Gasteiger partial charge < -0.3 is 14.6 Å². The molecule has 2 aliphatic heterocycles. The van der Waals surface area contributed by atoms with Crippen molar-refractivity contribution in [3.63, 3.8) is 0 Å². The molecule has 0 radical (unpaired) electrons. The predicted molar refractivity (Wildman–Crippen MR) is 129 cm³/mol. The first-order valence-corrected chi connectivity index (χ1v) is 11.9. The predicted octanol–water partition coefficient (Wildman–Crippen LogP) is 2.25. The molecule has 7 heteroatoms. The van der Waals surface area contributed by atoms with Gasteiger partial charge in [0.15, 0.2) is 0 Å². The van der Waals surface area contributed by atoms with Gasteiger partial charge in [0.25, 0.3) is 0 Å². The van der Waals surface area contributed by atoms with Crippen LogP contribution in [0.5, 0.6) is 0 Å². The molecule has 0 spiro atoms. The minimum Gasteiger partial charge on any atom is -0.437 e. The lowest BCUT2D eigenvalue weighted by Crippen LogP contribution is -2.51. The van der Waals surface area contributed by atoms with Gasteiger partial charge in [0.1, 0.15) is 0 Å². The summed E-state index contributed by atoms with van der Waals surface area (Å²) in [7, 11) is -0.347. The first-order chi connectivity index (χ1) is 15.7. The second-order valence-electron chi connectivity index (χ2n) is 9.24. The van der Waals surface area contributed by atoms with Crippen LogP contribution >= 0.6 is 0 Å². The third-order valence-electron chi connectivity index (χ3n) is 6.95. The second-order valence-corrected chi connectivity index (χ2v) is 9.24. The van der Waals surface area contributed by atoms with Crippen LogP contribution in [-0.4, -0.2) is 90.7 Å². The van der Waals surface area contributed by atoms with Crippen molar-refractivity contribution in [2.75, 3.05) is 59.0 Å². The lowest BCUT2D eigenvalue weighted by atomic mass is 9.84. The number of hydrogen-bond acceptors (Lipinski definition) is 6. The van der Waals surface area contributed by atoms with E-state index < -0.39 is 0 Å². The molecule has 5 rings (SSSR count). The van der Waals surface area contributed by atoms with Crippen LogP contribution < -0.4 is 0 Å². The van der Waals surface area contributed by atoms with Crippen molar-refractivity contribution >= 4 is 13.1 Å². The van der Waals surface area contributed by atoms with Crippen LogP contribution in [0, 0.1) is 0 Å². The summed E-state index contributed by atoms with van der Waals surface area (Å²) in [6.45, 7) is 11.4. The summed E-state index contributed by atoms with van der Waals surface area (Å²) in [4.78, 5) is 11.8. The Hall–Kier alpha value is -2.03. The molecular weight excluding hydrogens is 399 g/mol. The molecule has 6 nitrogen and oxygen atoms in total. The molecule has 1 aliphatic carbocycles. The number of nitrogens with zero attached hydrogens (tertiary/aromatic N) is 4. The zero-order valence-electron chi connectivity index (χ0n) is 19.0. The number of morpholine rings is 1. The molecule has 0 atom stereocenters. The number of aromatic nitrogens is 1. The molecule has 32 heavy (non-hydrogen) atoms. The van der Waals surface area contributed by atoms with Gasteiger partial charge >= 0.3 is 7.05 Å². The van der Waals surface area contributed by atoms with Gasteiger partial charge in [-0.2, -0.15) is 0 Å². The molecule has 2 aromatic rings. The summed E-state index contributed by atoms with van der Waals surface area (Å²) in [5, 5.41) is 9.75. The molecule has 2 saturated heterocycles. The highest BCUT2D eigenvalue weighted by Crippen LogP contribution is 2.33.